The summed E-state index contributed by atoms with van der Waals surface area (Å²) in [6.07, 6.45) is 7.19. The minimum absolute atomic E-state index is 0.0550. The van der Waals surface area contributed by atoms with Gasteiger partial charge in [-0.1, -0.05) is 18.0 Å². The van der Waals surface area contributed by atoms with Gasteiger partial charge in [-0.15, -0.1) is 0 Å². The van der Waals surface area contributed by atoms with Crippen LogP contribution in [0.3, 0.4) is 0 Å². The lowest BCUT2D eigenvalue weighted by atomic mass is 9.88. The molecule has 3 rings (SSSR count). The van der Waals surface area contributed by atoms with Gasteiger partial charge in [-0.2, -0.15) is 0 Å². The Morgan fingerprint density at radius 1 is 1.35 bits per heavy atom. The predicted molar refractivity (Wildman–Crippen MR) is 65.8 cm³/mol. The summed E-state index contributed by atoms with van der Waals surface area (Å²) in [6, 6.07) is 0. The number of nitrogens with two attached hydrogens (primary N) is 1. The second kappa shape index (κ2) is 3.67. The highest BCUT2D eigenvalue weighted by molar-refractivity contribution is 6.33. The summed E-state index contributed by atoms with van der Waals surface area (Å²) < 4.78 is 0. The molecule has 1 saturated carbocycles. The molecule has 0 bridgehead atoms. The van der Waals surface area contributed by atoms with E-state index in [4.69, 9.17) is 17.3 Å². The van der Waals surface area contributed by atoms with Crippen molar-refractivity contribution < 1.29 is 4.79 Å². The van der Waals surface area contributed by atoms with Crippen LogP contribution in [0.25, 0.3) is 0 Å². The summed E-state index contributed by atoms with van der Waals surface area (Å²) in [4.78, 5) is 14.1. The Balaban J connectivity index is 2.02. The van der Waals surface area contributed by atoms with Gasteiger partial charge in [0.1, 0.15) is 11.4 Å². The van der Waals surface area contributed by atoms with Gasteiger partial charge in [-0.3, -0.25) is 4.79 Å². The van der Waals surface area contributed by atoms with Gasteiger partial charge in [0.05, 0.1) is 11.6 Å². The van der Waals surface area contributed by atoms with E-state index in [-0.39, 0.29) is 11.6 Å². The third-order valence-corrected chi connectivity index (χ3v) is 4.20. The number of hydrogen-bond donors (Lipinski definition) is 2. The largest absolute Gasteiger partial charge is 0.401 e. The van der Waals surface area contributed by atoms with E-state index in [1.54, 1.807) is 6.08 Å². The second-order valence-corrected chi connectivity index (χ2v) is 5.46. The quantitative estimate of drug-likeness (QED) is 0.686. The molecule has 5 heteroatoms. The van der Waals surface area contributed by atoms with Crippen molar-refractivity contribution in [3.8, 4) is 0 Å². The van der Waals surface area contributed by atoms with Crippen LogP contribution in [0.2, 0.25) is 0 Å². The topological polar surface area (TPSA) is 58.4 Å². The van der Waals surface area contributed by atoms with E-state index in [9.17, 15) is 4.79 Å². The van der Waals surface area contributed by atoms with Crippen molar-refractivity contribution >= 4 is 17.5 Å². The fraction of sp³-hybridized carbons (Fsp3) is 0.583. The van der Waals surface area contributed by atoms with Gasteiger partial charge < -0.3 is 16.0 Å². The third kappa shape index (κ3) is 1.54. The van der Waals surface area contributed by atoms with E-state index in [0.29, 0.717) is 17.3 Å². The van der Waals surface area contributed by atoms with Gasteiger partial charge >= 0.3 is 0 Å². The standard InChI is InChI=1S/C12H16ClN3O/c13-9-6-8(14)7-16-10(9)11(17)15-12(16)4-2-1-3-5-12/h6H,1-5,7,14H2,(H,15,17). The zero-order valence-corrected chi connectivity index (χ0v) is 10.4. The molecule has 1 saturated heterocycles. The van der Waals surface area contributed by atoms with Crippen LogP contribution >= 0.6 is 11.6 Å². The van der Waals surface area contributed by atoms with Crippen molar-refractivity contribution in [2.75, 3.05) is 6.54 Å². The fourth-order valence-electron chi connectivity index (χ4n) is 3.13. The maximum Gasteiger partial charge on any atom is 0.271 e. The van der Waals surface area contributed by atoms with Gasteiger partial charge in [-0.25, -0.2) is 0 Å². The van der Waals surface area contributed by atoms with E-state index in [1.807, 2.05) is 0 Å². The van der Waals surface area contributed by atoms with Crippen LogP contribution in [-0.2, 0) is 4.79 Å². The Labute approximate surface area is 105 Å². The molecule has 0 aromatic heterocycles. The van der Waals surface area contributed by atoms with Crippen LogP contribution in [0, 0.1) is 0 Å². The Morgan fingerprint density at radius 2 is 2.06 bits per heavy atom. The number of allylic oxidation sites excluding steroid dienone is 2. The minimum Gasteiger partial charge on any atom is -0.401 e. The first kappa shape index (κ1) is 11.0. The molecule has 1 spiro atoms. The molecule has 0 unspecified atom stereocenters. The van der Waals surface area contributed by atoms with E-state index in [2.05, 4.69) is 10.2 Å². The number of fused-ring (bicyclic) bond motifs is 2. The smallest absolute Gasteiger partial charge is 0.271 e. The van der Waals surface area contributed by atoms with Gasteiger partial charge in [0.25, 0.3) is 5.91 Å². The number of carbonyl (C=O) groups is 1. The highest BCUT2D eigenvalue weighted by atomic mass is 35.5. The molecule has 2 heterocycles. The number of hydrogen-bond acceptors (Lipinski definition) is 3. The molecular weight excluding hydrogens is 238 g/mol. The molecule has 4 nitrogen and oxygen atoms in total. The molecular formula is C12H16ClN3O. The Kier molecular flexibility index (Phi) is 2.36. The number of halogens is 1. The molecule has 1 amide bonds. The summed E-state index contributed by atoms with van der Waals surface area (Å²) >= 11 is 6.13. The molecule has 3 N–H and O–H groups in total. The molecule has 1 aliphatic carbocycles. The van der Waals surface area contributed by atoms with E-state index < -0.39 is 0 Å². The summed E-state index contributed by atoms with van der Waals surface area (Å²) in [5, 5.41) is 3.58. The van der Waals surface area contributed by atoms with Crippen molar-refractivity contribution in [1.82, 2.24) is 10.2 Å². The Bertz CT molecular complexity index is 435. The SMILES string of the molecule is NC1=CC(Cl)=C2C(=O)NC3(CCCCC3)N2C1. The molecule has 2 fully saturated rings. The van der Waals surface area contributed by atoms with Crippen LogP contribution < -0.4 is 11.1 Å². The minimum atomic E-state index is -0.232. The summed E-state index contributed by atoms with van der Waals surface area (Å²) in [5.41, 5.74) is 6.97. The van der Waals surface area contributed by atoms with Gasteiger partial charge in [0.15, 0.2) is 0 Å². The summed E-state index contributed by atoms with van der Waals surface area (Å²) in [6.45, 7) is 0.601. The third-order valence-electron chi connectivity index (χ3n) is 3.91. The first-order valence-electron chi connectivity index (χ1n) is 6.08. The van der Waals surface area contributed by atoms with Crippen molar-refractivity contribution in [1.29, 1.82) is 0 Å². The van der Waals surface area contributed by atoms with Gasteiger partial charge in [0.2, 0.25) is 0 Å². The fourth-order valence-corrected chi connectivity index (χ4v) is 3.46. The molecule has 0 radical (unpaired) electrons. The lowest BCUT2D eigenvalue weighted by Gasteiger charge is -2.42. The summed E-state index contributed by atoms with van der Waals surface area (Å²) in [5.74, 6) is -0.0550. The average Bonchev–Trinajstić information content (AvgIpc) is 2.53. The highest BCUT2D eigenvalue weighted by Gasteiger charge is 2.49. The van der Waals surface area contributed by atoms with Crippen LogP contribution in [0.1, 0.15) is 32.1 Å². The average molecular weight is 254 g/mol. The van der Waals surface area contributed by atoms with Crippen LogP contribution in [0.15, 0.2) is 22.5 Å². The Hall–Kier alpha value is -1.16. The number of carbonyl (C=O) groups excluding carboxylic acids is 1. The van der Waals surface area contributed by atoms with E-state index in [1.165, 1.54) is 6.42 Å². The molecule has 0 aromatic carbocycles. The van der Waals surface area contributed by atoms with E-state index in [0.717, 1.165) is 31.4 Å². The number of nitrogens with one attached hydrogen (secondary N) is 1. The van der Waals surface area contributed by atoms with Crippen molar-refractivity contribution in [2.24, 2.45) is 5.73 Å². The van der Waals surface area contributed by atoms with Crippen LogP contribution in [-0.4, -0.2) is 23.0 Å². The summed E-state index contributed by atoms with van der Waals surface area (Å²) in [7, 11) is 0. The first-order valence-corrected chi connectivity index (χ1v) is 6.46. The van der Waals surface area contributed by atoms with Gasteiger partial charge in [-0.05, 0) is 31.8 Å². The number of nitrogens with zero attached hydrogens (tertiary/aromatic N) is 1. The second-order valence-electron chi connectivity index (χ2n) is 5.05. The van der Waals surface area contributed by atoms with Crippen LogP contribution in [0.5, 0.6) is 0 Å². The molecule has 2 aliphatic heterocycles. The zero-order chi connectivity index (χ0) is 12.0. The predicted octanol–water partition coefficient (Wildman–Crippen LogP) is 1.39. The van der Waals surface area contributed by atoms with E-state index >= 15 is 0 Å². The molecule has 17 heavy (non-hydrogen) atoms. The maximum absolute atomic E-state index is 12.0. The number of rotatable bonds is 0. The van der Waals surface area contributed by atoms with Crippen molar-refractivity contribution in [3.05, 3.63) is 22.5 Å². The molecule has 0 aromatic rings. The Morgan fingerprint density at radius 3 is 2.76 bits per heavy atom. The van der Waals surface area contributed by atoms with Crippen molar-refractivity contribution in [3.63, 3.8) is 0 Å². The van der Waals surface area contributed by atoms with Crippen molar-refractivity contribution in [2.45, 2.75) is 37.8 Å². The molecule has 3 aliphatic rings. The highest BCUT2D eigenvalue weighted by Crippen LogP contribution is 2.41. The molecule has 0 atom stereocenters. The van der Waals surface area contributed by atoms with Crippen LogP contribution in [0.4, 0.5) is 0 Å². The van der Waals surface area contributed by atoms with Gasteiger partial charge in [0, 0.05) is 5.70 Å². The number of amides is 1. The zero-order valence-electron chi connectivity index (χ0n) is 9.63. The first-order chi connectivity index (χ1) is 8.12. The lowest BCUT2D eigenvalue weighted by Crippen LogP contribution is -2.54. The monoisotopic (exact) mass is 253 g/mol. The normalized spacial score (nSPS) is 27.0. The lowest BCUT2D eigenvalue weighted by molar-refractivity contribution is -0.117. The molecule has 92 valence electrons. The maximum atomic E-state index is 12.0.